The van der Waals surface area contributed by atoms with Crippen molar-refractivity contribution in [3.8, 4) is 0 Å². The molecule has 7 heteroatoms. The molecule has 0 amide bonds. The van der Waals surface area contributed by atoms with Crippen molar-refractivity contribution in [3.63, 3.8) is 0 Å². The Morgan fingerprint density at radius 2 is 2.23 bits per heavy atom. The molecule has 0 heterocycles. The van der Waals surface area contributed by atoms with Crippen LogP contribution in [-0.4, -0.2) is 9.13 Å². The monoisotopic (exact) mass is 199 g/mol. The van der Waals surface area contributed by atoms with Gasteiger partial charge in [-0.15, -0.1) is 0 Å². The van der Waals surface area contributed by atoms with Gasteiger partial charge in [-0.2, -0.15) is 8.57 Å². The van der Waals surface area contributed by atoms with E-state index in [9.17, 15) is 14.3 Å². The summed E-state index contributed by atoms with van der Waals surface area (Å²) in [5.74, 6) is 0. The number of hydrogen-bond donors (Lipinski definition) is 1. The van der Waals surface area contributed by atoms with E-state index in [1.165, 1.54) is 12.1 Å². The first-order chi connectivity index (χ1) is 6.15. The lowest BCUT2D eigenvalue weighted by molar-refractivity contribution is -0.384. The average Bonchev–Trinajstić information content (AvgIpc) is 2.08. The number of rotatable bonds is 2. The van der Waals surface area contributed by atoms with Crippen LogP contribution in [-0.2, 0) is 11.5 Å². The highest BCUT2D eigenvalue weighted by molar-refractivity contribution is 7.54. The molecule has 68 valence electrons. The van der Waals surface area contributed by atoms with E-state index in [-0.39, 0.29) is 28.5 Å². The highest BCUT2D eigenvalue weighted by Gasteiger charge is 2.07. The van der Waals surface area contributed by atoms with Gasteiger partial charge in [0.2, 0.25) is 11.5 Å². The summed E-state index contributed by atoms with van der Waals surface area (Å²) in [7, 11) is 0. The quantitative estimate of drug-likeness (QED) is 0.439. The van der Waals surface area contributed by atoms with Crippen molar-refractivity contribution in [1.29, 1.82) is 0 Å². The zero-order valence-corrected chi connectivity index (χ0v) is 7.15. The third-order valence-electron chi connectivity index (χ3n) is 1.36. The number of nitrogens with two attached hydrogens (primary N) is 1. The van der Waals surface area contributed by atoms with Gasteiger partial charge < -0.3 is 5.73 Å². The van der Waals surface area contributed by atoms with Crippen molar-refractivity contribution >= 4 is 28.5 Å². The maximum Gasteiger partial charge on any atom is 0.271 e. The Hall–Kier alpha value is -1.76. The third kappa shape index (κ3) is 2.09. The van der Waals surface area contributed by atoms with Crippen molar-refractivity contribution in [3.05, 3.63) is 28.3 Å². The normalized spacial score (nSPS) is 9.23. The van der Waals surface area contributed by atoms with Crippen LogP contribution in [0.15, 0.2) is 22.6 Å². The lowest BCUT2D eigenvalue weighted by Crippen LogP contribution is -1.90. The molecule has 0 atom stereocenters. The molecule has 0 aliphatic rings. The van der Waals surface area contributed by atoms with E-state index < -0.39 is 4.92 Å². The Bertz CT molecular complexity index is 400. The summed E-state index contributed by atoms with van der Waals surface area (Å²) in [6.45, 7) is 0. The van der Waals surface area contributed by atoms with Crippen LogP contribution in [0.1, 0.15) is 0 Å². The molecule has 0 aliphatic carbocycles. The standard InChI is InChI=1S/C6H5N3O3S/c7-5-2-1-4(9(10)11)3-6(5)8-13-12/h1-3H,7H2. The molecular weight excluding hydrogens is 194 g/mol. The summed E-state index contributed by atoms with van der Waals surface area (Å²) in [4.78, 5) is 9.73. The second kappa shape index (κ2) is 3.76. The number of anilines is 1. The molecule has 2 N–H and O–H groups in total. The molecule has 1 aromatic rings. The van der Waals surface area contributed by atoms with Crippen LogP contribution in [0, 0.1) is 10.1 Å². The molecular formula is C6H5N3O3S. The summed E-state index contributed by atoms with van der Waals surface area (Å²) in [6.07, 6.45) is 0. The van der Waals surface area contributed by atoms with E-state index in [4.69, 9.17) is 5.73 Å². The van der Waals surface area contributed by atoms with Crippen LogP contribution in [0.3, 0.4) is 0 Å². The van der Waals surface area contributed by atoms with Gasteiger partial charge in [-0.25, -0.2) is 0 Å². The molecule has 6 nitrogen and oxygen atoms in total. The molecule has 0 radical (unpaired) electrons. The second-order valence-corrected chi connectivity index (χ2v) is 2.50. The van der Waals surface area contributed by atoms with Gasteiger partial charge in [0.25, 0.3) is 5.69 Å². The molecule has 13 heavy (non-hydrogen) atoms. The third-order valence-corrected chi connectivity index (χ3v) is 1.63. The Labute approximate surface area is 76.8 Å². The molecule has 0 unspecified atom stereocenters. The molecule has 0 aliphatic heterocycles. The van der Waals surface area contributed by atoms with E-state index in [0.29, 0.717) is 0 Å². The fourth-order valence-corrected chi connectivity index (χ4v) is 1.00. The minimum absolute atomic E-state index is 0.0383. The van der Waals surface area contributed by atoms with E-state index >= 15 is 0 Å². The number of nitrogens with zero attached hydrogens (tertiary/aromatic N) is 2. The molecule has 0 fully saturated rings. The minimum Gasteiger partial charge on any atom is -0.397 e. The maximum absolute atomic E-state index is 10.3. The van der Waals surface area contributed by atoms with Crippen LogP contribution < -0.4 is 5.73 Å². The highest BCUT2D eigenvalue weighted by atomic mass is 32.1. The van der Waals surface area contributed by atoms with Crippen molar-refractivity contribution < 1.29 is 9.13 Å². The first kappa shape index (κ1) is 9.33. The van der Waals surface area contributed by atoms with E-state index in [1.807, 2.05) is 0 Å². The van der Waals surface area contributed by atoms with Gasteiger partial charge in [-0.3, -0.25) is 10.1 Å². The largest absolute Gasteiger partial charge is 0.397 e. The average molecular weight is 199 g/mol. The van der Waals surface area contributed by atoms with E-state index in [0.717, 1.165) is 6.07 Å². The van der Waals surface area contributed by atoms with Gasteiger partial charge in [0.15, 0.2) is 0 Å². The molecule has 0 aromatic heterocycles. The highest BCUT2D eigenvalue weighted by Crippen LogP contribution is 2.26. The van der Waals surface area contributed by atoms with Gasteiger partial charge >= 0.3 is 0 Å². The van der Waals surface area contributed by atoms with E-state index in [1.54, 1.807) is 0 Å². The van der Waals surface area contributed by atoms with Crippen molar-refractivity contribution in [2.75, 3.05) is 5.73 Å². The van der Waals surface area contributed by atoms with Gasteiger partial charge in [-0.05, 0) is 6.07 Å². The molecule has 1 rings (SSSR count). The Kier molecular flexibility index (Phi) is 2.70. The number of nitrogen functional groups attached to an aromatic ring is 1. The van der Waals surface area contributed by atoms with Gasteiger partial charge in [0.1, 0.15) is 5.69 Å². The SMILES string of the molecule is Nc1ccc([N+](=O)[O-])cc1N=S=O. The molecule has 1 aromatic carbocycles. The molecule has 0 saturated heterocycles. The zero-order valence-electron chi connectivity index (χ0n) is 6.34. The van der Waals surface area contributed by atoms with Crippen LogP contribution in [0.25, 0.3) is 0 Å². The molecule has 0 spiro atoms. The van der Waals surface area contributed by atoms with Crippen molar-refractivity contribution in [1.82, 2.24) is 0 Å². The first-order valence-electron chi connectivity index (χ1n) is 3.19. The fraction of sp³-hybridized carbons (Fsp3) is 0. The predicted molar refractivity (Wildman–Crippen MR) is 47.7 cm³/mol. The maximum atomic E-state index is 10.3. The minimum atomic E-state index is -0.575. The Morgan fingerprint density at radius 1 is 1.54 bits per heavy atom. The molecule has 0 saturated carbocycles. The van der Waals surface area contributed by atoms with Crippen LogP contribution in [0.5, 0.6) is 0 Å². The summed E-state index contributed by atoms with van der Waals surface area (Å²) < 4.78 is 13.4. The number of benzene rings is 1. The van der Waals surface area contributed by atoms with Crippen LogP contribution >= 0.6 is 0 Å². The summed E-state index contributed by atoms with van der Waals surface area (Å²) >= 11 is -0.0383. The predicted octanol–water partition coefficient (Wildman–Crippen LogP) is 1.21. The summed E-state index contributed by atoms with van der Waals surface area (Å²) in [6, 6.07) is 3.75. The topological polar surface area (TPSA) is 98.6 Å². The van der Waals surface area contributed by atoms with Crippen LogP contribution in [0.2, 0.25) is 0 Å². The van der Waals surface area contributed by atoms with Gasteiger partial charge in [0.05, 0.1) is 10.6 Å². The first-order valence-corrected chi connectivity index (χ1v) is 3.89. The number of nitro benzene ring substituents is 1. The second-order valence-electron chi connectivity index (χ2n) is 2.17. The Morgan fingerprint density at radius 3 is 2.77 bits per heavy atom. The van der Waals surface area contributed by atoms with Gasteiger partial charge in [-0.1, -0.05) is 0 Å². The summed E-state index contributed by atoms with van der Waals surface area (Å²) in [5, 5.41) is 10.3. The van der Waals surface area contributed by atoms with Crippen LogP contribution in [0.4, 0.5) is 17.1 Å². The number of hydrogen-bond acceptors (Lipinski definition) is 5. The zero-order chi connectivity index (χ0) is 9.84. The lowest BCUT2D eigenvalue weighted by atomic mass is 10.2. The number of non-ortho nitro benzene ring substituents is 1. The van der Waals surface area contributed by atoms with Gasteiger partial charge in [0, 0.05) is 12.1 Å². The van der Waals surface area contributed by atoms with Crippen molar-refractivity contribution in [2.24, 2.45) is 4.36 Å². The van der Waals surface area contributed by atoms with Crippen molar-refractivity contribution in [2.45, 2.75) is 0 Å². The number of nitro groups is 1. The molecule has 0 bridgehead atoms. The smallest absolute Gasteiger partial charge is 0.271 e. The summed E-state index contributed by atoms with van der Waals surface area (Å²) in [5.41, 5.74) is 5.65. The van der Waals surface area contributed by atoms with E-state index in [2.05, 4.69) is 4.36 Å². The lowest BCUT2D eigenvalue weighted by Gasteiger charge is -1.96. The Balaban J connectivity index is 3.26. The fourth-order valence-electron chi connectivity index (χ4n) is 0.765.